The van der Waals surface area contributed by atoms with E-state index in [1.165, 1.54) is 0 Å². The number of alkyl halides is 16. The molecule has 0 fully saturated rings. The molecule has 1 aliphatic rings. The summed E-state index contributed by atoms with van der Waals surface area (Å²) in [6.07, 6.45) is -39.9. The molecule has 5 rings (SSSR count). The first-order valence-corrected chi connectivity index (χ1v) is 19.1. The van der Waals surface area contributed by atoms with Gasteiger partial charge in [0.2, 0.25) is 0 Å². The smallest absolute Gasteiger partial charge is 0.315 e. The Kier molecular flexibility index (Phi) is 15.8. The van der Waals surface area contributed by atoms with Crippen LogP contribution < -0.4 is 9.80 Å². The van der Waals surface area contributed by atoms with E-state index in [9.17, 15) is 52.7 Å². The van der Waals surface area contributed by atoms with Gasteiger partial charge < -0.3 is 4.90 Å². The lowest BCUT2D eigenvalue weighted by atomic mass is 9.91. The Balaban J connectivity index is 2.03. The molecule has 410 valence electrons. The van der Waals surface area contributed by atoms with Crippen LogP contribution in [0.2, 0.25) is 0 Å². The van der Waals surface area contributed by atoms with Crippen LogP contribution in [-0.2, 0) is 24.9 Å². The molecular formula is C42H15F31N2. The summed E-state index contributed by atoms with van der Waals surface area (Å²) in [5.41, 5.74) is -30.5. The van der Waals surface area contributed by atoms with Crippen LogP contribution in [0.25, 0.3) is 0 Å². The van der Waals surface area contributed by atoms with Crippen molar-refractivity contribution in [3.8, 4) is 0 Å². The molecular weight excluding hydrogens is 1120 g/mol. The van der Waals surface area contributed by atoms with E-state index in [0.29, 0.717) is 18.2 Å². The molecule has 0 saturated carbocycles. The zero-order valence-electron chi connectivity index (χ0n) is 35.1. The van der Waals surface area contributed by atoms with Crippen molar-refractivity contribution in [3.63, 3.8) is 0 Å². The summed E-state index contributed by atoms with van der Waals surface area (Å²) in [5, 5.41) is 0. The Morgan fingerprint density at radius 2 is 0.867 bits per heavy atom. The molecule has 3 atom stereocenters. The Hall–Kier alpha value is -6.73. The second kappa shape index (κ2) is 20.1. The first kappa shape index (κ1) is 59.2. The lowest BCUT2D eigenvalue weighted by Gasteiger charge is -2.38. The molecule has 0 radical (unpaired) electrons. The third-order valence-electron chi connectivity index (χ3n) is 10.4. The second-order valence-corrected chi connectivity index (χ2v) is 14.9. The van der Waals surface area contributed by atoms with Crippen molar-refractivity contribution in [2.75, 3.05) is 9.80 Å². The molecule has 0 spiro atoms. The van der Waals surface area contributed by atoms with Crippen molar-refractivity contribution in [3.05, 3.63) is 163 Å². The average Bonchev–Trinajstić information content (AvgIpc) is 3.25. The van der Waals surface area contributed by atoms with E-state index in [1.807, 2.05) is 0 Å². The lowest BCUT2D eigenvalue weighted by molar-refractivity contribution is -0.183. The number of halogens is 31. The fourth-order valence-electron chi connectivity index (χ4n) is 7.31. The first-order valence-electron chi connectivity index (χ1n) is 19.1. The molecule has 0 N–H and O–H groups in total. The van der Waals surface area contributed by atoms with E-state index in [-0.39, 0.29) is 24.3 Å². The zero-order chi connectivity index (χ0) is 57.5. The SMILES string of the molecule is C/C=C\C=C(\Cc1ccccc1N(C1=C(F)C(F)C(C(F)(F)F)C(F)=C1F)c1c(F)c(F)c(C(F)(F)F)c(F)c1F)C(N(c1c(F)c(F)c(C(F)(F)F)c(F)c1F)c1c(F)c(F)c(C(F)(F)F)c(F)c1F)C(F)(F)F. The molecule has 0 saturated heterocycles. The summed E-state index contributed by atoms with van der Waals surface area (Å²) < 4.78 is 460. The van der Waals surface area contributed by atoms with Gasteiger partial charge in [-0.05, 0) is 30.5 Å². The van der Waals surface area contributed by atoms with Crippen LogP contribution in [0.15, 0.2) is 71.2 Å². The van der Waals surface area contributed by atoms with Crippen LogP contribution in [0.1, 0.15) is 29.2 Å². The number of anilines is 4. The second-order valence-electron chi connectivity index (χ2n) is 14.9. The fraction of sp³-hybridized carbons (Fsp3) is 0.238. The highest BCUT2D eigenvalue weighted by Crippen LogP contribution is 2.54. The summed E-state index contributed by atoms with van der Waals surface area (Å²) in [5.74, 6) is -60.9. The number of hydrogen-bond donors (Lipinski definition) is 0. The minimum Gasteiger partial charge on any atom is -0.315 e. The highest BCUT2D eigenvalue weighted by atomic mass is 19.4. The highest BCUT2D eigenvalue weighted by Gasteiger charge is 2.57. The minimum atomic E-state index is -6.97. The molecule has 1 aliphatic carbocycles. The van der Waals surface area contributed by atoms with E-state index in [4.69, 9.17) is 0 Å². The minimum absolute atomic E-state index is 0.0676. The van der Waals surface area contributed by atoms with Gasteiger partial charge in [0.1, 0.15) is 45.4 Å². The summed E-state index contributed by atoms with van der Waals surface area (Å²) in [6, 6.07) is -4.35. The van der Waals surface area contributed by atoms with Gasteiger partial charge >= 0.3 is 30.9 Å². The summed E-state index contributed by atoms with van der Waals surface area (Å²) in [6.45, 7) is 0.771. The van der Waals surface area contributed by atoms with Crippen LogP contribution in [0.3, 0.4) is 0 Å². The Bertz CT molecular complexity index is 2890. The third-order valence-corrected chi connectivity index (χ3v) is 10.4. The summed E-state index contributed by atoms with van der Waals surface area (Å²) in [4.78, 5) is -3.47. The molecule has 0 amide bonds. The number of benzene rings is 4. The van der Waals surface area contributed by atoms with Crippen molar-refractivity contribution in [2.24, 2.45) is 5.92 Å². The predicted molar refractivity (Wildman–Crippen MR) is 193 cm³/mol. The summed E-state index contributed by atoms with van der Waals surface area (Å²) >= 11 is 0. The maximum Gasteiger partial charge on any atom is 0.422 e. The number of para-hydroxylation sites is 1. The van der Waals surface area contributed by atoms with Crippen molar-refractivity contribution in [2.45, 2.75) is 56.4 Å². The van der Waals surface area contributed by atoms with E-state index in [2.05, 4.69) is 0 Å². The molecule has 2 nitrogen and oxygen atoms in total. The molecule has 0 aliphatic heterocycles. The average molecular weight is 1140 g/mol. The van der Waals surface area contributed by atoms with Crippen LogP contribution in [-0.4, -0.2) is 24.6 Å². The Morgan fingerprint density at radius 3 is 1.20 bits per heavy atom. The van der Waals surface area contributed by atoms with Gasteiger partial charge in [-0.2, -0.15) is 65.9 Å². The van der Waals surface area contributed by atoms with Gasteiger partial charge in [0.25, 0.3) is 0 Å². The zero-order valence-corrected chi connectivity index (χ0v) is 35.1. The van der Waals surface area contributed by atoms with Crippen molar-refractivity contribution < 1.29 is 136 Å². The van der Waals surface area contributed by atoms with E-state index < -0.39 is 209 Å². The molecule has 75 heavy (non-hydrogen) atoms. The number of allylic oxidation sites excluding steroid dienone is 6. The number of hydrogen-bond acceptors (Lipinski definition) is 2. The standard InChI is InChI=1S/C42H15F31N2/c1-2-3-6-11(37(42(71,72)73)75(35-29(55)21(47)15(40(65,66)67)22(48)30(35)56)36-31(57)23(49)16(41(68,69)70)24(50)32(36)58)9-10-7-4-5-8-12(10)74(33-25(51)17(43)13(38(59,60)61)18(44)26(33)52)34-27(53)19(45)14(39(62,63)64)20(46)28(34)54/h2-8,13,17,37H,9H2,1H3/b3-2-,11-6-. The molecule has 0 bridgehead atoms. The van der Waals surface area contributed by atoms with Gasteiger partial charge in [-0.15, -0.1) is 0 Å². The van der Waals surface area contributed by atoms with E-state index in [0.717, 1.165) is 6.92 Å². The lowest BCUT2D eigenvalue weighted by Crippen LogP contribution is -2.47. The molecule has 0 aromatic heterocycles. The maximum atomic E-state index is 15.9. The normalized spacial score (nSPS) is 17.0. The number of rotatable bonds is 10. The third kappa shape index (κ3) is 10.4. The molecule has 3 unspecified atom stereocenters. The van der Waals surface area contributed by atoms with Crippen LogP contribution in [0.4, 0.5) is 159 Å². The predicted octanol–water partition coefficient (Wildman–Crippen LogP) is 17.2. The van der Waals surface area contributed by atoms with Gasteiger partial charge in [0, 0.05) is 0 Å². The van der Waals surface area contributed by atoms with E-state index in [1.54, 1.807) is 0 Å². The molecule has 4 aromatic carbocycles. The van der Waals surface area contributed by atoms with Gasteiger partial charge in [-0.1, -0.05) is 36.4 Å². The van der Waals surface area contributed by atoms with Crippen molar-refractivity contribution in [1.82, 2.24) is 0 Å². The van der Waals surface area contributed by atoms with Crippen LogP contribution in [0.5, 0.6) is 0 Å². The largest absolute Gasteiger partial charge is 0.422 e. The summed E-state index contributed by atoms with van der Waals surface area (Å²) in [7, 11) is 0. The van der Waals surface area contributed by atoms with Crippen LogP contribution >= 0.6 is 0 Å². The van der Waals surface area contributed by atoms with E-state index >= 15 is 83.4 Å². The van der Waals surface area contributed by atoms with Gasteiger partial charge in [-0.3, -0.25) is 4.90 Å². The number of nitrogens with zero attached hydrogens (tertiary/aromatic N) is 2. The maximum absolute atomic E-state index is 15.9. The van der Waals surface area contributed by atoms with Gasteiger partial charge in [0.05, 0.1) is 5.69 Å². The highest BCUT2D eigenvalue weighted by molar-refractivity contribution is 5.77. The first-order chi connectivity index (χ1) is 34.1. The quantitative estimate of drug-likeness (QED) is 0.0887. The Labute approximate surface area is 394 Å². The van der Waals surface area contributed by atoms with Gasteiger partial charge in [0.15, 0.2) is 99.5 Å². The van der Waals surface area contributed by atoms with Crippen LogP contribution in [0, 0.1) is 75.7 Å². The molecule has 4 aromatic rings. The molecule has 0 heterocycles. The molecule has 33 heteroatoms. The van der Waals surface area contributed by atoms with Gasteiger partial charge in [-0.25, -0.2) is 70.2 Å². The fourth-order valence-corrected chi connectivity index (χ4v) is 7.31. The van der Waals surface area contributed by atoms with Crippen molar-refractivity contribution >= 4 is 22.7 Å². The topological polar surface area (TPSA) is 6.48 Å². The Morgan fingerprint density at radius 1 is 0.507 bits per heavy atom. The monoisotopic (exact) mass is 1140 g/mol. The van der Waals surface area contributed by atoms with Crippen molar-refractivity contribution in [1.29, 1.82) is 0 Å².